The van der Waals surface area contributed by atoms with E-state index in [1.165, 1.54) is 0 Å². The van der Waals surface area contributed by atoms with Crippen molar-refractivity contribution in [1.82, 2.24) is 0 Å². The largest absolute Gasteiger partial charge is 0.504 e. The molecule has 3 N–H and O–H groups in total. The van der Waals surface area contributed by atoms with E-state index in [0.29, 0.717) is 18.7 Å². The van der Waals surface area contributed by atoms with Crippen molar-refractivity contribution in [2.75, 3.05) is 19.8 Å². The molecule has 0 radical (unpaired) electrons. The third-order valence-corrected chi connectivity index (χ3v) is 3.78. The number of halogens is 3. The molecule has 27 heavy (non-hydrogen) atoms. The van der Waals surface area contributed by atoms with Crippen molar-refractivity contribution in [2.24, 2.45) is 5.73 Å². The molecule has 0 fully saturated rings. The third kappa shape index (κ3) is 7.56. The van der Waals surface area contributed by atoms with Crippen LogP contribution < -0.4 is 10.5 Å². The number of Topliss-reactive ketones (excluding diaryl/α,β-unsaturated/α-hetero) is 1. The van der Waals surface area contributed by atoms with Gasteiger partial charge in [0.15, 0.2) is 17.3 Å². The molecular weight excluding hydrogens is 367 g/mol. The maximum atomic E-state index is 12.3. The molecule has 9 heteroatoms. The summed E-state index contributed by atoms with van der Waals surface area (Å²) in [5.41, 5.74) is 5.85. The van der Waals surface area contributed by atoms with E-state index in [0.717, 1.165) is 37.8 Å². The summed E-state index contributed by atoms with van der Waals surface area (Å²) >= 11 is 0. The summed E-state index contributed by atoms with van der Waals surface area (Å²) in [7, 11) is 0. The number of hydrogen-bond acceptors (Lipinski definition) is 6. The van der Waals surface area contributed by atoms with Gasteiger partial charge in [0, 0.05) is 12.2 Å². The van der Waals surface area contributed by atoms with E-state index in [9.17, 15) is 27.9 Å². The van der Waals surface area contributed by atoms with Gasteiger partial charge in [-0.05, 0) is 43.5 Å². The number of benzene rings is 1. The molecule has 0 saturated carbocycles. The molecule has 0 aliphatic heterocycles. The van der Waals surface area contributed by atoms with E-state index in [-0.39, 0.29) is 18.6 Å². The average molecular weight is 391 g/mol. The van der Waals surface area contributed by atoms with Crippen molar-refractivity contribution in [3.8, 4) is 11.5 Å². The van der Waals surface area contributed by atoms with Crippen molar-refractivity contribution in [1.29, 1.82) is 0 Å². The number of carbonyl (C=O) groups is 2. The summed E-state index contributed by atoms with van der Waals surface area (Å²) < 4.78 is 46.4. The fourth-order valence-electron chi connectivity index (χ4n) is 2.35. The van der Waals surface area contributed by atoms with Crippen molar-refractivity contribution in [3.63, 3.8) is 0 Å². The van der Waals surface area contributed by atoms with Crippen LogP contribution in [0.15, 0.2) is 12.1 Å². The van der Waals surface area contributed by atoms with Crippen molar-refractivity contribution < 1.29 is 37.3 Å². The van der Waals surface area contributed by atoms with Gasteiger partial charge in [-0.3, -0.25) is 4.79 Å². The van der Waals surface area contributed by atoms with E-state index in [4.69, 9.17) is 10.5 Å². The third-order valence-electron chi connectivity index (χ3n) is 3.78. The molecule has 0 heterocycles. The normalized spacial score (nSPS) is 11.4. The van der Waals surface area contributed by atoms with Crippen LogP contribution in [-0.4, -0.2) is 42.8 Å². The Bertz CT molecular complexity index is 647. The Kier molecular flexibility index (Phi) is 9.23. The summed E-state index contributed by atoms with van der Waals surface area (Å²) in [5, 5.41) is 9.82. The number of carbonyl (C=O) groups excluding carboxylic acids is 2. The number of unbranched alkanes of at least 4 members (excludes halogenated alkanes) is 3. The highest BCUT2D eigenvalue weighted by Gasteiger charge is 2.41. The number of ether oxygens (including phenoxy) is 2. The fourth-order valence-corrected chi connectivity index (χ4v) is 2.35. The molecule has 0 atom stereocenters. The van der Waals surface area contributed by atoms with Gasteiger partial charge in [0.1, 0.15) is 6.61 Å². The number of hydrogen-bond donors (Lipinski definition) is 2. The Balaban J connectivity index is 2.71. The zero-order valence-corrected chi connectivity index (χ0v) is 15.1. The SMILES string of the molecule is CCc1cc(OC(=O)C(F)(F)F)c(O)cc1C(=O)COCCCCCCN. The number of rotatable bonds is 11. The molecule has 0 unspecified atom stereocenters. The Hall–Kier alpha value is -2.13. The summed E-state index contributed by atoms with van der Waals surface area (Å²) in [4.78, 5) is 23.2. The summed E-state index contributed by atoms with van der Waals surface area (Å²) in [6.45, 7) is 2.49. The van der Waals surface area contributed by atoms with Crippen LogP contribution in [0.5, 0.6) is 11.5 Å². The second kappa shape index (κ2) is 10.9. The van der Waals surface area contributed by atoms with Crippen LogP contribution in [0.4, 0.5) is 13.2 Å². The highest BCUT2D eigenvalue weighted by atomic mass is 19.4. The first-order chi connectivity index (χ1) is 12.7. The van der Waals surface area contributed by atoms with E-state index >= 15 is 0 Å². The van der Waals surface area contributed by atoms with Crippen molar-refractivity contribution in [2.45, 2.75) is 45.2 Å². The van der Waals surface area contributed by atoms with Gasteiger partial charge < -0.3 is 20.3 Å². The van der Waals surface area contributed by atoms with E-state index < -0.39 is 29.4 Å². The summed E-state index contributed by atoms with van der Waals surface area (Å²) in [5.74, 6) is -4.24. The van der Waals surface area contributed by atoms with Crippen molar-refractivity contribution in [3.05, 3.63) is 23.3 Å². The molecule has 0 aliphatic rings. The van der Waals surface area contributed by atoms with Gasteiger partial charge in [-0.15, -0.1) is 0 Å². The minimum absolute atomic E-state index is 0.116. The molecule has 0 amide bonds. The van der Waals surface area contributed by atoms with Gasteiger partial charge in [-0.1, -0.05) is 19.8 Å². The number of aromatic hydroxyl groups is 1. The van der Waals surface area contributed by atoms with Gasteiger partial charge >= 0.3 is 12.1 Å². The predicted octanol–water partition coefficient (Wildman–Crippen LogP) is 3.14. The lowest BCUT2D eigenvalue weighted by Gasteiger charge is -2.13. The summed E-state index contributed by atoms with van der Waals surface area (Å²) in [6.07, 6.45) is -1.26. The van der Waals surface area contributed by atoms with Crippen LogP contribution in [0.25, 0.3) is 0 Å². The van der Waals surface area contributed by atoms with Crippen LogP contribution in [0, 0.1) is 0 Å². The van der Waals surface area contributed by atoms with Crippen LogP contribution in [0.2, 0.25) is 0 Å². The molecule has 1 aromatic rings. The number of esters is 1. The molecule has 0 saturated heterocycles. The maximum absolute atomic E-state index is 12.3. The second-order valence-corrected chi connectivity index (χ2v) is 5.90. The highest BCUT2D eigenvalue weighted by Crippen LogP contribution is 2.32. The number of phenolic OH excluding ortho intramolecular Hbond substituents is 1. The van der Waals surface area contributed by atoms with Gasteiger partial charge in [-0.25, -0.2) is 4.79 Å². The standard InChI is InChI=1S/C18H24F3NO5/c1-2-12-9-16(27-17(25)18(19,20)21)14(23)10-13(12)15(24)11-26-8-6-4-3-5-7-22/h9-10,23H,2-8,11,22H2,1H3. The summed E-state index contributed by atoms with van der Waals surface area (Å²) in [6, 6.07) is 2.05. The quantitative estimate of drug-likeness (QED) is 0.260. The molecule has 0 aromatic heterocycles. The van der Waals surface area contributed by atoms with Crippen LogP contribution >= 0.6 is 0 Å². The minimum atomic E-state index is -5.19. The van der Waals surface area contributed by atoms with Gasteiger partial charge in [0.2, 0.25) is 0 Å². The number of nitrogens with two attached hydrogens (primary N) is 1. The van der Waals surface area contributed by atoms with Crippen LogP contribution in [0.3, 0.4) is 0 Å². The number of phenols is 1. The smallest absolute Gasteiger partial charge is 0.491 e. The maximum Gasteiger partial charge on any atom is 0.491 e. The average Bonchev–Trinajstić information content (AvgIpc) is 2.61. The first kappa shape index (κ1) is 22.9. The lowest BCUT2D eigenvalue weighted by molar-refractivity contribution is -0.189. The molecule has 0 bridgehead atoms. The highest BCUT2D eigenvalue weighted by molar-refractivity contribution is 5.99. The van der Waals surface area contributed by atoms with E-state index in [1.807, 2.05) is 0 Å². The zero-order chi connectivity index (χ0) is 20.4. The van der Waals surface area contributed by atoms with Crippen molar-refractivity contribution >= 4 is 11.8 Å². The Labute approximate surface area is 155 Å². The number of aryl methyl sites for hydroxylation is 1. The topological polar surface area (TPSA) is 98.8 Å². The van der Waals surface area contributed by atoms with Crippen LogP contribution in [-0.2, 0) is 16.0 Å². The Morgan fingerprint density at radius 3 is 2.41 bits per heavy atom. The van der Waals surface area contributed by atoms with Gasteiger partial charge in [0.05, 0.1) is 0 Å². The lowest BCUT2D eigenvalue weighted by Crippen LogP contribution is -2.28. The number of ketones is 1. The monoisotopic (exact) mass is 391 g/mol. The second-order valence-electron chi connectivity index (χ2n) is 5.90. The Morgan fingerprint density at radius 2 is 1.81 bits per heavy atom. The molecule has 1 rings (SSSR count). The molecular formula is C18H24F3NO5. The number of alkyl halides is 3. The van der Waals surface area contributed by atoms with Crippen LogP contribution in [0.1, 0.15) is 48.5 Å². The molecule has 0 aliphatic carbocycles. The zero-order valence-electron chi connectivity index (χ0n) is 15.1. The Morgan fingerprint density at radius 1 is 1.15 bits per heavy atom. The molecule has 0 spiro atoms. The lowest BCUT2D eigenvalue weighted by atomic mass is 10.0. The van der Waals surface area contributed by atoms with Gasteiger partial charge in [0.25, 0.3) is 0 Å². The molecule has 152 valence electrons. The van der Waals surface area contributed by atoms with E-state index in [1.54, 1.807) is 6.92 Å². The van der Waals surface area contributed by atoms with Gasteiger partial charge in [-0.2, -0.15) is 13.2 Å². The fraction of sp³-hybridized carbons (Fsp3) is 0.556. The molecule has 6 nitrogen and oxygen atoms in total. The first-order valence-electron chi connectivity index (χ1n) is 8.66. The molecule has 1 aromatic carbocycles. The minimum Gasteiger partial charge on any atom is -0.504 e. The van der Waals surface area contributed by atoms with E-state index in [2.05, 4.69) is 4.74 Å². The predicted molar refractivity (Wildman–Crippen MR) is 91.8 cm³/mol. The first-order valence-corrected chi connectivity index (χ1v) is 8.66.